The Morgan fingerprint density at radius 1 is 1.35 bits per heavy atom. The number of thioether (sulfide) groups is 1. The largest absolute Gasteiger partial charge is 0.481 e. The molecule has 0 fully saturated rings. The maximum absolute atomic E-state index is 11.5. The second-order valence-electron chi connectivity index (χ2n) is 3.80. The molecule has 0 unspecified atom stereocenters. The summed E-state index contributed by atoms with van der Waals surface area (Å²) < 4.78 is 0.665. The van der Waals surface area contributed by atoms with E-state index in [0.29, 0.717) is 23.1 Å². The van der Waals surface area contributed by atoms with Crippen molar-refractivity contribution in [2.75, 3.05) is 18.8 Å². The lowest BCUT2D eigenvalue weighted by molar-refractivity contribution is -0.136. The van der Waals surface area contributed by atoms with Gasteiger partial charge in [0.15, 0.2) is 4.34 Å². The molecule has 1 rings (SSSR count). The van der Waals surface area contributed by atoms with Crippen molar-refractivity contribution in [3.63, 3.8) is 0 Å². The van der Waals surface area contributed by atoms with Crippen LogP contribution in [0.3, 0.4) is 0 Å². The van der Waals surface area contributed by atoms with Gasteiger partial charge in [-0.2, -0.15) is 0 Å². The maximum Gasteiger partial charge on any atom is 0.309 e. The van der Waals surface area contributed by atoms with Crippen LogP contribution in [-0.4, -0.2) is 46.7 Å². The first-order chi connectivity index (χ1) is 9.47. The average Bonchev–Trinajstić information content (AvgIpc) is 2.78. The SMILES string of the molecule is CC(=O)NCCNC(=O)CSc1nc(CC(=O)O)cs1. The molecule has 1 aromatic rings. The van der Waals surface area contributed by atoms with Crippen LogP contribution in [-0.2, 0) is 20.8 Å². The minimum absolute atomic E-state index is 0.111. The summed E-state index contributed by atoms with van der Waals surface area (Å²) in [5, 5.41) is 15.5. The summed E-state index contributed by atoms with van der Waals surface area (Å²) in [4.78, 5) is 36.7. The van der Waals surface area contributed by atoms with Crippen molar-refractivity contribution in [2.24, 2.45) is 0 Å². The Morgan fingerprint density at radius 3 is 2.70 bits per heavy atom. The zero-order chi connectivity index (χ0) is 15.0. The van der Waals surface area contributed by atoms with Crippen molar-refractivity contribution in [2.45, 2.75) is 17.7 Å². The molecule has 0 bridgehead atoms. The average molecular weight is 317 g/mol. The number of carbonyl (C=O) groups is 3. The highest BCUT2D eigenvalue weighted by Gasteiger charge is 2.08. The quantitative estimate of drug-likeness (QED) is 0.464. The number of hydrogen-bond donors (Lipinski definition) is 3. The molecule has 0 spiro atoms. The molecule has 0 aliphatic heterocycles. The number of hydrogen-bond acceptors (Lipinski definition) is 6. The van der Waals surface area contributed by atoms with Crippen molar-refractivity contribution < 1.29 is 19.5 Å². The molecule has 20 heavy (non-hydrogen) atoms. The van der Waals surface area contributed by atoms with Crippen LogP contribution in [0.2, 0.25) is 0 Å². The molecule has 1 heterocycles. The van der Waals surface area contributed by atoms with E-state index in [9.17, 15) is 14.4 Å². The lowest BCUT2D eigenvalue weighted by Gasteiger charge is -2.04. The summed E-state index contributed by atoms with van der Waals surface area (Å²) in [5.41, 5.74) is 0.496. The van der Waals surface area contributed by atoms with Crippen LogP contribution in [0, 0.1) is 0 Å². The Labute approximate surface area is 124 Å². The van der Waals surface area contributed by atoms with Gasteiger partial charge in [-0.05, 0) is 0 Å². The second-order valence-corrected chi connectivity index (χ2v) is 5.88. The lowest BCUT2D eigenvalue weighted by Crippen LogP contribution is -2.34. The molecule has 1 aromatic heterocycles. The van der Waals surface area contributed by atoms with Crippen LogP contribution >= 0.6 is 23.1 Å². The van der Waals surface area contributed by atoms with Gasteiger partial charge in [-0.25, -0.2) is 4.98 Å². The third kappa shape index (κ3) is 7.10. The molecule has 0 saturated heterocycles. The molecule has 3 N–H and O–H groups in total. The smallest absolute Gasteiger partial charge is 0.309 e. The number of thiazole rings is 1. The van der Waals surface area contributed by atoms with E-state index in [1.54, 1.807) is 5.38 Å². The second kappa shape index (κ2) is 8.54. The molecule has 0 aromatic carbocycles. The standard InChI is InChI=1S/C11H15N3O4S2/c1-7(15)12-2-3-13-9(16)6-20-11-14-8(5-19-11)4-10(17)18/h5H,2-4,6H2,1H3,(H,12,15)(H,13,16)(H,17,18). The molecular weight excluding hydrogens is 302 g/mol. The molecule has 9 heteroatoms. The number of amides is 2. The molecule has 0 saturated carbocycles. The van der Waals surface area contributed by atoms with E-state index in [1.807, 2.05) is 0 Å². The van der Waals surface area contributed by atoms with E-state index in [-0.39, 0.29) is 24.0 Å². The first kappa shape index (κ1) is 16.4. The molecule has 0 radical (unpaired) electrons. The Morgan fingerprint density at radius 2 is 2.05 bits per heavy atom. The van der Waals surface area contributed by atoms with E-state index in [0.717, 1.165) is 0 Å². The molecule has 7 nitrogen and oxygen atoms in total. The number of carboxylic acids is 1. The molecule has 0 aliphatic carbocycles. The highest BCUT2D eigenvalue weighted by Crippen LogP contribution is 2.22. The topological polar surface area (TPSA) is 108 Å². The number of carboxylic acid groups (broad SMARTS) is 1. The maximum atomic E-state index is 11.5. The Balaban J connectivity index is 2.22. The van der Waals surface area contributed by atoms with Crippen LogP contribution in [0.5, 0.6) is 0 Å². The molecule has 2 amide bonds. The molecule has 0 aliphatic rings. The molecule has 110 valence electrons. The summed E-state index contributed by atoms with van der Waals surface area (Å²) in [6.45, 7) is 2.18. The number of rotatable bonds is 8. The zero-order valence-electron chi connectivity index (χ0n) is 10.8. The van der Waals surface area contributed by atoms with Gasteiger partial charge >= 0.3 is 5.97 Å². The summed E-state index contributed by atoms with van der Waals surface area (Å²) in [7, 11) is 0. The Bertz CT molecular complexity index is 490. The summed E-state index contributed by atoms with van der Waals surface area (Å²) in [6.07, 6.45) is -0.111. The van der Waals surface area contributed by atoms with Crippen molar-refractivity contribution in [1.29, 1.82) is 0 Å². The highest BCUT2D eigenvalue weighted by molar-refractivity contribution is 8.01. The predicted molar refractivity (Wildman–Crippen MR) is 75.9 cm³/mol. The predicted octanol–water partition coefficient (Wildman–Crippen LogP) is 0.115. The fourth-order valence-corrected chi connectivity index (χ4v) is 2.88. The van der Waals surface area contributed by atoms with E-state index in [1.165, 1.54) is 30.0 Å². The fourth-order valence-electron chi connectivity index (χ4n) is 1.21. The Hall–Kier alpha value is -1.61. The van der Waals surface area contributed by atoms with Crippen LogP contribution < -0.4 is 10.6 Å². The summed E-state index contributed by atoms with van der Waals surface area (Å²) >= 11 is 2.57. The van der Waals surface area contributed by atoms with Crippen LogP contribution in [0.4, 0.5) is 0 Å². The number of carbonyl (C=O) groups excluding carboxylic acids is 2. The van der Waals surface area contributed by atoms with Gasteiger partial charge in [0.1, 0.15) is 0 Å². The van der Waals surface area contributed by atoms with E-state index in [2.05, 4.69) is 15.6 Å². The highest BCUT2D eigenvalue weighted by atomic mass is 32.2. The van der Waals surface area contributed by atoms with Crippen molar-refractivity contribution >= 4 is 40.9 Å². The fraction of sp³-hybridized carbons (Fsp3) is 0.455. The zero-order valence-corrected chi connectivity index (χ0v) is 12.5. The van der Waals surface area contributed by atoms with E-state index >= 15 is 0 Å². The van der Waals surface area contributed by atoms with Crippen molar-refractivity contribution in [3.8, 4) is 0 Å². The Kier molecular flexibility index (Phi) is 7.02. The van der Waals surface area contributed by atoms with Gasteiger partial charge in [-0.1, -0.05) is 11.8 Å². The molecule has 0 atom stereocenters. The van der Waals surface area contributed by atoms with Crippen molar-refractivity contribution in [1.82, 2.24) is 15.6 Å². The van der Waals surface area contributed by atoms with Crippen LogP contribution in [0.1, 0.15) is 12.6 Å². The number of nitrogens with zero attached hydrogens (tertiary/aromatic N) is 1. The normalized spacial score (nSPS) is 10.1. The number of aromatic nitrogens is 1. The van der Waals surface area contributed by atoms with Crippen LogP contribution in [0.15, 0.2) is 9.72 Å². The van der Waals surface area contributed by atoms with E-state index in [4.69, 9.17) is 5.11 Å². The minimum atomic E-state index is -0.928. The third-order valence-corrected chi connectivity index (χ3v) is 4.08. The lowest BCUT2D eigenvalue weighted by atomic mass is 10.3. The monoisotopic (exact) mass is 317 g/mol. The first-order valence-electron chi connectivity index (χ1n) is 5.77. The number of aliphatic carboxylic acids is 1. The van der Waals surface area contributed by atoms with E-state index < -0.39 is 5.97 Å². The summed E-state index contributed by atoms with van der Waals surface area (Å²) in [6, 6.07) is 0. The number of nitrogens with one attached hydrogen (secondary N) is 2. The van der Waals surface area contributed by atoms with Gasteiger partial charge in [0, 0.05) is 25.4 Å². The van der Waals surface area contributed by atoms with Gasteiger partial charge in [0.05, 0.1) is 17.9 Å². The summed E-state index contributed by atoms with van der Waals surface area (Å²) in [5.74, 6) is -1.01. The van der Waals surface area contributed by atoms with Gasteiger partial charge in [0.25, 0.3) is 0 Å². The van der Waals surface area contributed by atoms with Gasteiger partial charge in [-0.15, -0.1) is 11.3 Å². The molecular formula is C11H15N3O4S2. The first-order valence-corrected chi connectivity index (χ1v) is 7.64. The van der Waals surface area contributed by atoms with Crippen LogP contribution in [0.25, 0.3) is 0 Å². The van der Waals surface area contributed by atoms with Gasteiger partial charge < -0.3 is 15.7 Å². The van der Waals surface area contributed by atoms with Gasteiger partial charge in [0.2, 0.25) is 11.8 Å². The third-order valence-electron chi connectivity index (χ3n) is 2.01. The minimum Gasteiger partial charge on any atom is -0.481 e. The van der Waals surface area contributed by atoms with Gasteiger partial charge in [-0.3, -0.25) is 14.4 Å². The van der Waals surface area contributed by atoms with Crippen molar-refractivity contribution in [3.05, 3.63) is 11.1 Å².